The molecule has 0 aliphatic heterocycles. The van der Waals surface area contributed by atoms with Gasteiger partial charge in [0, 0.05) is 51.6 Å². The van der Waals surface area contributed by atoms with Crippen LogP contribution in [-0.4, -0.2) is 19.4 Å². The number of nitrogens with zero attached hydrogens (tertiary/aromatic N) is 5. The van der Waals surface area contributed by atoms with E-state index in [9.17, 15) is 0 Å². The zero-order valence-electron chi connectivity index (χ0n) is 29.5. The van der Waals surface area contributed by atoms with Crippen molar-refractivity contribution in [2.24, 2.45) is 0 Å². The highest BCUT2D eigenvalue weighted by Gasteiger charge is 2.36. The second-order valence-corrected chi connectivity index (χ2v) is 14.2. The van der Waals surface area contributed by atoms with E-state index in [4.69, 9.17) is 15.0 Å². The van der Waals surface area contributed by atoms with Gasteiger partial charge in [0.1, 0.15) is 5.65 Å². The molecule has 10 rings (SSSR count). The lowest BCUT2D eigenvalue weighted by Crippen LogP contribution is -2.16. The third-order valence-electron chi connectivity index (χ3n) is 10.6. The van der Waals surface area contributed by atoms with Gasteiger partial charge in [-0.2, -0.15) is 0 Å². The number of pyridine rings is 1. The van der Waals surface area contributed by atoms with Crippen molar-refractivity contribution in [2.75, 3.05) is 4.90 Å². The molecule has 1 aliphatic carbocycles. The van der Waals surface area contributed by atoms with Crippen LogP contribution in [-0.2, 0) is 5.41 Å². The van der Waals surface area contributed by atoms with Crippen molar-refractivity contribution in [1.29, 1.82) is 0 Å². The number of hydrogen-bond donors (Lipinski definition) is 0. The molecule has 53 heavy (non-hydrogen) atoms. The van der Waals surface area contributed by atoms with E-state index in [2.05, 4.69) is 145 Å². The molecule has 0 unspecified atom stereocenters. The Labute approximate surface area is 308 Å². The predicted octanol–water partition coefficient (Wildman–Crippen LogP) is 12.1. The van der Waals surface area contributed by atoms with Crippen molar-refractivity contribution < 1.29 is 0 Å². The summed E-state index contributed by atoms with van der Waals surface area (Å²) in [6.07, 6.45) is 4.12. The maximum Gasteiger partial charge on any atom is 0.137 e. The highest BCUT2D eigenvalue weighted by Crippen LogP contribution is 2.52. The Hall–Kier alpha value is -6.85. The Balaban J connectivity index is 1.05. The standard InChI is InChI=1S/C48H35N5/c1-48(2)40-29-34(47-46(33-13-5-3-6-14-33)50-42-17-9-10-18-43(42)51-47)22-26-38(40)39-27-25-37(30-41(39)48)53(35-15-7-4-8-16-35)36-23-20-32(21-24-36)44-31-52-28-12-11-19-45(52)49-44/h3-31H,1-2H3. The molecule has 1 aliphatic rings. The highest BCUT2D eigenvalue weighted by atomic mass is 15.1. The van der Waals surface area contributed by atoms with Crippen LogP contribution in [0.1, 0.15) is 25.0 Å². The first kappa shape index (κ1) is 30.9. The van der Waals surface area contributed by atoms with Crippen molar-refractivity contribution in [3.8, 4) is 44.9 Å². The van der Waals surface area contributed by atoms with Crippen molar-refractivity contribution in [2.45, 2.75) is 19.3 Å². The first-order valence-electron chi connectivity index (χ1n) is 18.0. The topological polar surface area (TPSA) is 46.3 Å². The van der Waals surface area contributed by atoms with Gasteiger partial charge in [0.25, 0.3) is 0 Å². The van der Waals surface area contributed by atoms with Crippen LogP contribution in [0.4, 0.5) is 17.1 Å². The molecule has 252 valence electrons. The molecule has 0 bridgehead atoms. The van der Waals surface area contributed by atoms with Crippen molar-refractivity contribution in [1.82, 2.24) is 19.4 Å². The zero-order chi connectivity index (χ0) is 35.5. The van der Waals surface area contributed by atoms with Gasteiger partial charge >= 0.3 is 0 Å². The molecular formula is C48H35N5. The van der Waals surface area contributed by atoms with E-state index in [1.165, 1.54) is 22.3 Å². The number of para-hydroxylation sites is 3. The molecule has 5 nitrogen and oxygen atoms in total. The Morgan fingerprint density at radius 1 is 0.472 bits per heavy atom. The molecule has 0 saturated carbocycles. The van der Waals surface area contributed by atoms with Gasteiger partial charge in [-0.15, -0.1) is 0 Å². The number of aromatic nitrogens is 4. The molecule has 3 aromatic heterocycles. The van der Waals surface area contributed by atoms with Gasteiger partial charge < -0.3 is 9.30 Å². The number of imidazole rings is 1. The van der Waals surface area contributed by atoms with Gasteiger partial charge in [-0.05, 0) is 89.0 Å². The van der Waals surface area contributed by atoms with Crippen LogP contribution >= 0.6 is 0 Å². The summed E-state index contributed by atoms with van der Waals surface area (Å²) < 4.78 is 2.06. The van der Waals surface area contributed by atoms with E-state index in [-0.39, 0.29) is 5.41 Å². The molecule has 0 N–H and O–H groups in total. The first-order valence-corrected chi connectivity index (χ1v) is 18.0. The maximum atomic E-state index is 5.21. The Morgan fingerprint density at radius 3 is 1.75 bits per heavy atom. The fourth-order valence-corrected chi connectivity index (χ4v) is 7.89. The van der Waals surface area contributed by atoms with Crippen LogP contribution in [0.3, 0.4) is 0 Å². The fourth-order valence-electron chi connectivity index (χ4n) is 7.89. The van der Waals surface area contributed by atoms with E-state index in [0.717, 1.165) is 67.5 Å². The summed E-state index contributed by atoms with van der Waals surface area (Å²) in [5.41, 5.74) is 16.9. The minimum Gasteiger partial charge on any atom is -0.310 e. The summed E-state index contributed by atoms with van der Waals surface area (Å²) in [7, 11) is 0. The van der Waals surface area contributed by atoms with Gasteiger partial charge in [0.15, 0.2) is 0 Å². The summed E-state index contributed by atoms with van der Waals surface area (Å²) in [6.45, 7) is 4.68. The molecule has 3 heterocycles. The minimum absolute atomic E-state index is 0.247. The van der Waals surface area contributed by atoms with Crippen LogP contribution in [0.15, 0.2) is 176 Å². The second kappa shape index (κ2) is 12.1. The molecule has 0 spiro atoms. The van der Waals surface area contributed by atoms with Crippen LogP contribution in [0.25, 0.3) is 61.6 Å². The van der Waals surface area contributed by atoms with Gasteiger partial charge in [-0.3, -0.25) is 0 Å². The van der Waals surface area contributed by atoms with E-state index < -0.39 is 0 Å². The van der Waals surface area contributed by atoms with Crippen LogP contribution in [0.5, 0.6) is 0 Å². The van der Waals surface area contributed by atoms with Crippen LogP contribution in [0, 0.1) is 0 Å². The maximum absolute atomic E-state index is 5.21. The normalized spacial score (nSPS) is 12.9. The number of hydrogen-bond acceptors (Lipinski definition) is 4. The van der Waals surface area contributed by atoms with Crippen LogP contribution in [0.2, 0.25) is 0 Å². The molecular weight excluding hydrogens is 647 g/mol. The Kier molecular flexibility index (Phi) is 7.08. The quantitative estimate of drug-likeness (QED) is 0.175. The lowest BCUT2D eigenvalue weighted by molar-refractivity contribution is 0.660. The molecule has 0 amide bonds. The smallest absolute Gasteiger partial charge is 0.137 e. The zero-order valence-corrected chi connectivity index (χ0v) is 29.5. The summed E-state index contributed by atoms with van der Waals surface area (Å²) >= 11 is 0. The third kappa shape index (κ3) is 5.20. The average molecular weight is 682 g/mol. The molecule has 6 aromatic carbocycles. The van der Waals surface area contributed by atoms with Crippen molar-refractivity contribution in [3.05, 3.63) is 187 Å². The molecule has 9 aromatic rings. The van der Waals surface area contributed by atoms with Gasteiger partial charge in [0.05, 0.1) is 28.1 Å². The number of rotatable bonds is 6. The minimum atomic E-state index is -0.247. The highest BCUT2D eigenvalue weighted by molar-refractivity contribution is 5.90. The number of benzene rings is 6. The Morgan fingerprint density at radius 2 is 1.04 bits per heavy atom. The third-order valence-corrected chi connectivity index (χ3v) is 10.6. The molecule has 0 saturated heterocycles. The Bertz CT molecular complexity index is 2770. The molecule has 0 radical (unpaired) electrons. The SMILES string of the molecule is CC1(C)c2cc(-c3nc4ccccc4nc3-c3ccccc3)ccc2-c2ccc(N(c3ccccc3)c3ccc(-c4cn5ccccc5n4)cc3)cc21. The molecule has 5 heteroatoms. The monoisotopic (exact) mass is 681 g/mol. The number of fused-ring (bicyclic) bond motifs is 5. The average Bonchev–Trinajstić information content (AvgIpc) is 3.75. The summed E-state index contributed by atoms with van der Waals surface area (Å²) in [5, 5.41) is 0. The molecule has 0 atom stereocenters. The van der Waals surface area contributed by atoms with Gasteiger partial charge in [0.2, 0.25) is 0 Å². The largest absolute Gasteiger partial charge is 0.310 e. The first-order chi connectivity index (χ1) is 26.0. The van der Waals surface area contributed by atoms with Gasteiger partial charge in [-0.1, -0.05) is 111 Å². The van der Waals surface area contributed by atoms with E-state index in [1.54, 1.807) is 0 Å². The van der Waals surface area contributed by atoms with Crippen molar-refractivity contribution >= 4 is 33.7 Å². The van der Waals surface area contributed by atoms with Crippen LogP contribution < -0.4 is 4.90 Å². The van der Waals surface area contributed by atoms with Crippen molar-refractivity contribution in [3.63, 3.8) is 0 Å². The van der Waals surface area contributed by atoms with E-state index in [0.29, 0.717) is 0 Å². The predicted molar refractivity (Wildman–Crippen MR) is 217 cm³/mol. The summed E-state index contributed by atoms with van der Waals surface area (Å²) in [4.78, 5) is 17.5. The lowest BCUT2D eigenvalue weighted by atomic mass is 9.81. The van der Waals surface area contributed by atoms with E-state index in [1.807, 2.05) is 54.7 Å². The summed E-state index contributed by atoms with van der Waals surface area (Å²) in [5.74, 6) is 0. The second-order valence-electron chi connectivity index (χ2n) is 14.2. The molecule has 0 fully saturated rings. The summed E-state index contributed by atoms with van der Waals surface area (Å²) in [6, 6.07) is 57.7. The number of anilines is 3. The lowest BCUT2D eigenvalue weighted by Gasteiger charge is -2.28. The fraction of sp³-hybridized carbons (Fsp3) is 0.0625. The van der Waals surface area contributed by atoms with E-state index >= 15 is 0 Å². The van der Waals surface area contributed by atoms with Gasteiger partial charge in [-0.25, -0.2) is 15.0 Å².